The van der Waals surface area contributed by atoms with Crippen LogP contribution in [0.3, 0.4) is 0 Å². The van der Waals surface area contributed by atoms with Gasteiger partial charge in [-0.05, 0) is 40.9 Å². The van der Waals surface area contributed by atoms with E-state index >= 15 is 0 Å². The molecule has 0 saturated carbocycles. The second kappa shape index (κ2) is 17.5. The zero-order chi connectivity index (χ0) is 31.0. The van der Waals surface area contributed by atoms with Gasteiger partial charge in [-0.2, -0.15) is 4.72 Å². The molecular formula is C25H34N6O8S3. The van der Waals surface area contributed by atoms with Crippen LogP contribution in [0.25, 0.3) is 0 Å². The number of tetrazole rings is 1. The summed E-state index contributed by atoms with van der Waals surface area (Å²) >= 11 is 1.01. The maximum atomic E-state index is 12.0. The Labute approximate surface area is 249 Å². The first-order chi connectivity index (χ1) is 19.8. The van der Waals surface area contributed by atoms with Gasteiger partial charge in [0.1, 0.15) is 28.5 Å². The summed E-state index contributed by atoms with van der Waals surface area (Å²) in [6.45, 7) is 1.29. The molecule has 0 amide bonds. The highest BCUT2D eigenvalue weighted by molar-refractivity contribution is 7.99. The first-order valence-electron chi connectivity index (χ1n) is 12.5. The maximum absolute atomic E-state index is 12.0. The number of hydrogen-bond acceptors (Lipinski definition) is 12. The number of aromatic nitrogens is 4. The quantitative estimate of drug-likeness (QED) is 0.170. The smallest absolute Gasteiger partial charge is 0.323 e. The molecule has 4 N–H and O–H groups in total. The lowest BCUT2D eigenvalue weighted by molar-refractivity contribution is -0.147. The summed E-state index contributed by atoms with van der Waals surface area (Å²) in [6, 6.07) is 16.9. The number of aliphatic carboxylic acids is 1. The molecule has 230 valence electrons. The van der Waals surface area contributed by atoms with Crippen LogP contribution in [0.4, 0.5) is 0 Å². The van der Waals surface area contributed by atoms with Crippen LogP contribution in [0.1, 0.15) is 24.0 Å². The lowest BCUT2D eigenvalue weighted by atomic mass is 10.2. The van der Waals surface area contributed by atoms with Crippen molar-refractivity contribution in [2.75, 3.05) is 24.8 Å². The lowest BCUT2D eigenvalue weighted by Crippen LogP contribution is -2.43. The van der Waals surface area contributed by atoms with Crippen molar-refractivity contribution in [3.8, 4) is 0 Å². The summed E-state index contributed by atoms with van der Waals surface area (Å²) in [5, 5.41) is 25.3. The summed E-state index contributed by atoms with van der Waals surface area (Å²) in [6.07, 6.45) is 4.28. The molecular weight excluding hydrogens is 609 g/mol. The molecule has 42 heavy (non-hydrogen) atoms. The van der Waals surface area contributed by atoms with Crippen molar-refractivity contribution in [3.63, 3.8) is 0 Å². The average molecular weight is 643 g/mol. The number of rotatable bonds is 11. The van der Waals surface area contributed by atoms with Crippen molar-refractivity contribution in [2.24, 2.45) is 0 Å². The third-order valence-electron chi connectivity index (χ3n) is 5.10. The van der Waals surface area contributed by atoms with Crippen molar-refractivity contribution in [2.45, 2.75) is 42.4 Å². The highest BCUT2D eigenvalue weighted by Gasteiger charge is 2.25. The van der Waals surface area contributed by atoms with E-state index in [4.69, 9.17) is 9.84 Å². The molecule has 4 rings (SSSR count). The van der Waals surface area contributed by atoms with E-state index in [0.29, 0.717) is 17.3 Å². The fraction of sp³-hybridized carbons (Fsp3) is 0.400. The van der Waals surface area contributed by atoms with E-state index in [-0.39, 0.29) is 23.5 Å². The Morgan fingerprint density at radius 2 is 1.64 bits per heavy atom. The summed E-state index contributed by atoms with van der Waals surface area (Å²) in [5.41, 5.74) is 1.61. The first-order valence-corrected chi connectivity index (χ1v) is 17.5. The van der Waals surface area contributed by atoms with E-state index in [1.54, 1.807) is 30.3 Å². The topological polar surface area (TPSA) is 210 Å². The zero-order valence-corrected chi connectivity index (χ0v) is 25.5. The van der Waals surface area contributed by atoms with E-state index in [1.807, 2.05) is 30.3 Å². The first kappa shape index (κ1) is 34.8. The molecule has 1 saturated heterocycles. The molecule has 0 radical (unpaired) electrons. The van der Waals surface area contributed by atoms with Crippen LogP contribution in [0, 0.1) is 0 Å². The number of sulfone groups is 1. The molecule has 0 unspecified atom stereocenters. The van der Waals surface area contributed by atoms with Crippen LogP contribution in [0.2, 0.25) is 0 Å². The van der Waals surface area contributed by atoms with Gasteiger partial charge in [0, 0.05) is 18.3 Å². The van der Waals surface area contributed by atoms with Crippen molar-refractivity contribution in [3.05, 3.63) is 71.8 Å². The predicted molar refractivity (Wildman–Crippen MR) is 157 cm³/mol. The molecule has 1 aliphatic heterocycles. The number of aromatic amines is 1. The molecule has 14 nitrogen and oxygen atoms in total. The van der Waals surface area contributed by atoms with E-state index in [0.717, 1.165) is 49.2 Å². The van der Waals surface area contributed by atoms with Crippen molar-refractivity contribution >= 4 is 43.6 Å². The Bertz CT molecular complexity index is 1430. The van der Waals surface area contributed by atoms with Crippen LogP contribution in [0.5, 0.6) is 0 Å². The minimum atomic E-state index is -3.78. The predicted octanol–water partition coefficient (Wildman–Crippen LogP) is 1.01. The Balaban J connectivity index is 0.000000265. The maximum Gasteiger partial charge on any atom is 0.323 e. The number of esters is 1. The molecule has 17 heteroatoms. The number of H-pyrrole nitrogens is 1. The lowest BCUT2D eigenvalue weighted by Gasteiger charge is -2.13. The van der Waals surface area contributed by atoms with Gasteiger partial charge in [-0.1, -0.05) is 72.4 Å². The Hall–Kier alpha value is -3.38. The number of carboxylic acids is 1. The fourth-order valence-corrected chi connectivity index (χ4v) is 5.48. The minimum absolute atomic E-state index is 0.0414. The van der Waals surface area contributed by atoms with Gasteiger partial charge in [0.25, 0.3) is 0 Å². The van der Waals surface area contributed by atoms with Crippen LogP contribution in [0.15, 0.2) is 65.8 Å². The Morgan fingerprint density at radius 1 is 1.05 bits per heavy atom. The average Bonchev–Trinajstić information content (AvgIpc) is 3.65. The van der Waals surface area contributed by atoms with Gasteiger partial charge in [-0.3, -0.25) is 9.59 Å². The second-order valence-electron chi connectivity index (χ2n) is 9.16. The monoisotopic (exact) mass is 642 g/mol. The molecule has 0 aliphatic carbocycles. The second-order valence-corrected chi connectivity index (χ2v) is 14.2. The largest absolute Gasteiger partial charge is 0.480 e. The SMILES string of the molecule is CS(C)(=O)=O.O=C(O)[C@H](CSc1nnn[nH]1)NS(=O)(=O)Cc1ccccc1.O=C(OCc1ccccc1)[C@@H]1CCCN1. The van der Waals surface area contributed by atoms with Crippen molar-refractivity contribution < 1.29 is 36.3 Å². The summed E-state index contributed by atoms with van der Waals surface area (Å²) in [5.74, 6) is -1.72. The van der Waals surface area contributed by atoms with Gasteiger partial charge in [0.05, 0.1) is 5.75 Å². The number of benzene rings is 2. The number of carbonyl (C=O) groups is 2. The molecule has 0 spiro atoms. The number of thioether (sulfide) groups is 1. The molecule has 0 bridgehead atoms. The highest BCUT2D eigenvalue weighted by Crippen LogP contribution is 2.13. The van der Waals surface area contributed by atoms with Gasteiger partial charge in [0.15, 0.2) is 0 Å². The minimum Gasteiger partial charge on any atom is -0.480 e. The number of sulfonamides is 1. The van der Waals surface area contributed by atoms with Gasteiger partial charge >= 0.3 is 11.9 Å². The standard InChI is InChI=1S/C12H15NO2.C11H13N5O4S2.C2H6O2S/c14-12(11-7-4-8-13-11)15-9-10-5-2-1-3-6-10;17-10(18)9(6-21-11-12-15-16-13-11)14-22(19,20)7-8-4-2-1-3-5-8;1-5(2,3)4/h1-3,5-6,11,13H,4,7-9H2;1-5,9,14H,6-7H2,(H,17,18)(H,12,13,15,16);1-2H3/t11-;9-;/m00./s1. The van der Waals surface area contributed by atoms with Gasteiger partial charge < -0.3 is 15.2 Å². The van der Waals surface area contributed by atoms with Crippen LogP contribution in [-0.2, 0) is 46.5 Å². The molecule has 1 fully saturated rings. The van der Waals surface area contributed by atoms with Gasteiger partial charge in [0.2, 0.25) is 15.2 Å². The number of nitrogens with zero attached hydrogens (tertiary/aromatic N) is 3. The number of ether oxygens (including phenoxy) is 1. The van der Waals surface area contributed by atoms with Crippen LogP contribution < -0.4 is 10.0 Å². The van der Waals surface area contributed by atoms with E-state index in [9.17, 15) is 26.4 Å². The molecule has 3 aromatic rings. The zero-order valence-electron chi connectivity index (χ0n) is 23.0. The number of hydrogen-bond donors (Lipinski definition) is 4. The van der Waals surface area contributed by atoms with Crippen molar-refractivity contribution in [1.29, 1.82) is 0 Å². The highest BCUT2D eigenvalue weighted by atomic mass is 32.2. The third-order valence-corrected chi connectivity index (χ3v) is 7.40. The molecule has 1 aromatic heterocycles. The van der Waals surface area contributed by atoms with Crippen LogP contribution in [-0.4, -0.2) is 91.4 Å². The third kappa shape index (κ3) is 15.6. The van der Waals surface area contributed by atoms with E-state index in [1.165, 1.54) is 0 Å². The van der Waals surface area contributed by atoms with E-state index in [2.05, 4.69) is 30.7 Å². The van der Waals surface area contributed by atoms with E-state index < -0.39 is 31.9 Å². The van der Waals surface area contributed by atoms with Crippen LogP contribution >= 0.6 is 11.8 Å². The van der Waals surface area contributed by atoms with Crippen molar-refractivity contribution in [1.82, 2.24) is 30.7 Å². The van der Waals surface area contributed by atoms with Gasteiger partial charge in [-0.25, -0.2) is 21.9 Å². The summed E-state index contributed by atoms with van der Waals surface area (Å²) in [4.78, 5) is 22.7. The summed E-state index contributed by atoms with van der Waals surface area (Å²) in [7, 11) is -6.44. The molecule has 2 aromatic carbocycles. The number of nitrogens with one attached hydrogen (secondary N) is 3. The number of carboxylic acid groups (broad SMARTS) is 1. The Morgan fingerprint density at radius 3 is 2.14 bits per heavy atom. The summed E-state index contributed by atoms with van der Waals surface area (Å²) < 4.78 is 50.7. The molecule has 2 heterocycles. The molecule has 1 aliphatic rings. The number of carbonyl (C=O) groups excluding carboxylic acids is 1. The molecule has 2 atom stereocenters. The normalized spacial score (nSPS) is 15.3. The Kier molecular flexibility index (Phi) is 14.5. The van der Waals surface area contributed by atoms with Gasteiger partial charge in [-0.15, -0.1) is 5.10 Å². The fourth-order valence-electron chi connectivity index (χ4n) is 3.30.